The Morgan fingerprint density at radius 3 is 2.23 bits per heavy atom. The Hall–Kier alpha value is -2.82. The predicted molar refractivity (Wildman–Crippen MR) is 98.9 cm³/mol. The first-order valence-corrected chi connectivity index (χ1v) is 8.78. The Bertz CT molecular complexity index is 792. The molecule has 2 aromatic rings. The Kier molecular flexibility index (Phi) is 5.56. The Labute approximate surface area is 153 Å². The summed E-state index contributed by atoms with van der Waals surface area (Å²) in [7, 11) is 1.55. The van der Waals surface area contributed by atoms with E-state index in [0.717, 1.165) is 31.5 Å². The fraction of sp³-hybridized carbons (Fsp3) is 0.333. The fourth-order valence-electron chi connectivity index (χ4n) is 3.01. The van der Waals surface area contributed by atoms with Gasteiger partial charge in [0.1, 0.15) is 6.61 Å². The van der Waals surface area contributed by atoms with Gasteiger partial charge in [0.05, 0.1) is 7.11 Å². The molecule has 1 heterocycles. The number of rotatable bonds is 6. The van der Waals surface area contributed by atoms with Gasteiger partial charge >= 0.3 is 0 Å². The van der Waals surface area contributed by atoms with Crippen molar-refractivity contribution in [3.63, 3.8) is 0 Å². The number of methoxy groups -OCH3 is 1. The summed E-state index contributed by atoms with van der Waals surface area (Å²) in [6.45, 7) is 3.56. The van der Waals surface area contributed by atoms with E-state index >= 15 is 0 Å². The summed E-state index contributed by atoms with van der Waals surface area (Å²) in [6, 6.07) is 12.6. The average Bonchev–Trinajstić information content (AvgIpc) is 3.20. The molecule has 0 saturated carbocycles. The van der Waals surface area contributed by atoms with Crippen LogP contribution in [0, 0.1) is 0 Å². The zero-order chi connectivity index (χ0) is 18.5. The lowest BCUT2D eigenvalue weighted by molar-refractivity contribution is 0.0792. The van der Waals surface area contributed by atoms with E-state index in [1.54, 1.807) is 25.3 Å². The van der Waals surface area contributed by atoms with E-state index in [0.29, 0.717) is 29.2 Å². The number of nitrogens with zero attached hydrogens (tertiary/aromatic N) is 1. The number of hydrogen-bond donors (Lipinski definition) is 0. The van der Waals surface area contributed by atoms with Gasteiger partial charge in [0.15, 0.2) is 17.3 Å². The molecule has 2 aromatic carbocycles. The van der Waals surface area contributed by atoms with Crippen LogP contribution < -0.4 is 9.47 Å². The summed E-state index contributed by atoms with van der Waals surface area (Å²) in [6.07, 6.45) is 2.17. The molecule has 3 rings (SSSR count). The quantitative estimate of drug-likeness (QED) is 0.743. The minimum atomic E-state index is -0.0203. The summed E-state index contributed by atoms with van der Waals surface area (Å²) in [4.78, 5) is 25.7. The normalized spacial score (nSPS) is 13.5. The molecular weight excluding hydrogens is 330 g/mol. The number of carbonyl (C=O) groups is 2. The SMILES string of the molecule is COc1cc(C(C)=O)ccc1OCc1ccc(C(=O)N2CCCC2)cc1. The number of likely N-dealkylation sites (tertiary alicyclic amines) is 1. The predicted octanol–water partition coefficient (Wildman–Crippen LogP) is 3.71. The minimum absolute atomic E-state index is 0.0203. The number of hydrogen-bond acceptors (Lipinski definition) is 4. The zero-order valence-corrected chi connectivity index (χ0v) is 15.2. The molecule has 0 bridgehead atoms. The molecule has 0 aliphatic carbocycles. The largest absolute Gasteiger partial charge is 0.493 e. The molecule has 0 unspecified atom stereocenters. The fourth-order valence-corrected chi connectivity index (χ4v) is 3.01. The molecule has 136 valence electrons. The van der Waals surface area contributed by atoms with Crippen LogP contribution in [-0.2, 0) is 6.61 Å². The van der Waals surface area contributed by atoms with Crippen molar-refractivity contribution in [3.8, 4) is 11.5 Å². The summed E-state index contributed by atoms with van der Waals surface area (Å²) in [5, 5.41) is 0. The highest BCUT2D eigenvalue weighted by Gasteiger charge is 2.19. The highest BCUT2D eigenvalue weighted by Crippen LogP contribution is 2.29. The molecule has 5 nitrogen and oxygen atoms in total. The average molecular weight is 353 g/mol. The molecule has 1 aliphatic heterocycles. The van der Waals surface area contributed by atoms with Crippen LogP contribution in [0.1, 0.15) is 46.0 Å². The van der Waals surface area contributed by atoms with Crippen molar-refractivity contribution in [1.29, 1.82) is 0 Å². The van der Waals surface area contributed by atoms with Gasteiger partial charge in [0, 0.05) is 24.2 Å². The molecule has 1 aliphatic rings. The molecular formula is C21H23NO4. The maximum atomic E-state index is 12.4. The van der Waals surface area contributed by atoms with Crippen molar-refractivity contribution in [2.45, 2.75) is 26.4 Å². The summed E-state index contributed by atoms with van der Waals surface area (Å²) in [5.74, 6) is 1.18. The van der Waals surface area contributed by atoms with Gasteiger partial charge in [-0.05, 0) is 55.7 Å². The molecule has 0 atom stereocenters. The van der Waals surface area contributed by atoms with Crippen molar-refractivity contribution in [3.05, 3.63) is 59.2 Å². The molecule has 0 spiro atoms. The minimum Gasteiger partial charge on any atom is -0.493 e. The van der Waals surface area contributed by atoms with Crippen LogP contribution in [0.3, 0.4) is 0 Å². The van der Waals surface area contributed by atoms with Gasteiger partial charge in [-0.2, -0.15) is 0 Å². The van der Waals surface area contributed by atoms with Crippen LogP contribution in [0.4, 0.5) is 0 Å². The zero-order valence-electron chi connectivity index (χ0n) is 15.2. The van der Waals surface area contributed by atoms with Gasteiger partial charge in [0.2, 0.25) is 0 Å². The van der Waals surface area contributed by atoms with E-state index in [2.05, 4.69) is 0 Å². The number of Topliss-reactive ketones (excluding diaryl/α,β-unsaturated/α-hetero) is 1. The molecule has 5 heteroatoms. The summed E-state index contributed by atoms with van der Waals surface area (Å²) < 4.78 is 11.1. The second kappa shape index (κ2) is 8.04. The molecule has 1 saturated heterocycles. The summed E-state index contributed by atoms with van der Waals surface area (Å²) >= 11 is 0. The standard InChI is InChI=1S/C21H23NO4/c1-15(23)18-9-10-19(20(13-18)25-2)26-14-16-5-7-17(8-6-16)21(24)22-11-3-4-12-22/h5-10,13H,3-4,11-12,14H2,1-2H3. The first kappa shape index (κ1) is 18.0. The Balaban J connectivity index is 1.64. The maximum absolute atomic E-state index is 12.4. The van der Waals surface area contributed by atoms with Crippen LogP contribution in [0.5, 0.6) is 11.5 Å². The molecule has 0 radical (unpaired) electrons. The second-order valence-electron chi connectivity index (χ2n) is 6.41. The first-order valence-electron chi connectivity index (χ1n) is 8.78. The number of carbonyl (C=O) groups excluding carboxylic acids is 2. The number of ether oxygens (including phenoxy) is 2. The van der Waals surface area contributed by atoms with E-state index in [4.69, 9.17) is 9.47 Å². The van der Waals surface area contributed by atoms with Crippen molar-refractivity contribution < 1.29 is 19.1 Å². The van der Waals surface area contributed by atoms with Crippen LogP contribution in [0.15, 0.2) is 42.5 Å². The van der Waals surface area contributed by atoms with Crippen molar-refractivity contribution in [1.82, 2.24) is 4.90 Å². The lowest BCUT2D eigenvalue weighted by atomic mass is 10.1. The number of ketones is 1. The number of amides is 1. The second-order valence-corrected chi connectivity index (χ2v) is 6.41. The maximum Gasteiger partial charge on any atom is 0.253 e. The highest BCUT2D eigenvalue weighted by molar-refractivity contribution is 5.95. The Morgan fingerprint density at radius 1 is 0.962 bits per heavy atom. The van der Waals surface area contributed by atoms with Crippen molar-refractivity contribution in [2.75, 3.05) is 20.2 Å². The molecule has 26 heavy (non-hydrogen) atoms. The molecule has 0 aromatic heterocycles. The van der Waals surface area contributed by atoms with Crippen molar-refractivity contribution in [2.24, 2.45) is 0 Å². The van der Waals surface area contributed by atoms with Crippen LogP contribution >= 0.6 is 0 Å². The van der Waals surface area contributed by atoms with E-state index in [9.17, 15) is 9.59 Å². The van der Waals surface area contributed by atoms with Gasteiger partial charge in [-0.3, -0.25) is 9.59 Å². The third-order valence-electron chi connectivity index (χ3n) is 4.56. The van der Waals surface area contributed by atoms with Crippen LogP contribution in [-0.4, -0.2) is 36.8 Å². The molecule has 1 fully saturated rings. The number of benzene rings is 2. The lowest BCUT2D eigenvalue weighted by Gasteiger charge is -2.15. The van der Waals surface area contributed by atoms with E-state index in [1.807, 2.05) is 29.2 Å². The third-order valence-corrected chi connectivity index (χ3v) is 4.56. The molecule has 0 N–H and O–H groups in total. The Morgan fingerprint density at radius 2 is 1.62 bits per heavy atom. The molecule has 1 amide bonds. The summed E-state index contributed by atoms with van der Waals surface area (Å²) in [5.41, 5.74) is 2.25. The topological polar surface area (TPSA) is 55.8 Å². The van der Waals surface area contributed by atoms with Gasteiger partial charge < -0.3 is 14.4 Å². The van der Waals surface area contributed by atoms with E-state index in [1.165, 1.54) is 6.92 Å². The lowest BCUT2D eigenvalue weighted by Crippen LogP contribution is -2.27. The van der Waals surface area contributed by atoms with Gasteiger partial charge in [0.25, 0.3) is 5.91 Å². The van der Waals surface area contributed by atoms with E-state index < -0.39 is 0 Å². The monoisotopic (exact) mass is 353 g/mol. The van der Waals surface area contributed by atoms with E-state index in [-0.39, 0.29) is 11.7 Å². The smallest absolute Gasteiger partial charge is 0.253 e. The van der Waals surface area contributed by atoms with Gasteiger partial charge in [-0.25, -0.2) is 0 Å². The van der Waals surface area contributed by atoms with Gasteiger partial charge in [-0.15, -0.1) is 0 Å². The van der Waals surface area contributed by atoms with Crippen LogP contribution in [0.25, 0.3) is 0 Å². The first-order chi connectivity index (χ1) is 12.6. The van der Waals surface area contributed by atoms with Gasteiger partial charge in [-0.1, -0.05) is 12.1 Å². The third kappa shape index (κ3) is 4.04. The van der Waals surface area contributed by atoms with Crippen LogP contribution in [0.2, 0.25) is 0 Å². The van der Waals surface area contributed by atoms with Crippen molar-refractivity contribution >= 4 is 11.7 Å². The highest BCUT2D eigenvalue weighted by atomic mass is 16.5.